The van der Waals surface area contributed by atoms with Crippen molar-refractivity contribution in [2.24, 2.45) is 0 Å². The Morgan fingerprint density at radius 2 is 1.58 bits per heavy atom. The summed E-state index contributed by atoms with van der Waals surface area (Å²) in [6.07, 6.45) is 0. The molecule has 5 rings (SSSR count). The lowest BCUT2D eigenvalue weighted by Crippen LogP contribution is -2.14. The summed E-state index contributed by atoms with van der Waals surface area (Å²) in [5.74, 6) is 0.0486. The van der Waals surface area contributed by atoms with E-state index >= 15 is 0 Å². The van der Waals surface area contributed by atoms with E-state index < -0.39 is 5.91 Å². The van der Waals surface area contributed by atoms with Crippen LogP contribution in [0.2, 0.25) is 15.1 Å². The number of carbonyl (C=O) groups excluding carboxylic acids is 1. The van der Waals surface area contributed by atoms with E-state index in [1.807, 2.05) is 54.6 Å². The monoisotopic (exact) mass is 492 g/mol. The van der Waals surface area contributed by atoms with E-state index in [-0.39, 0.29) is 5.82 Å². The molecular formula is C25H15Cl3N4O. The molecule has 1 amide bonds. The number of aromatic nitrogens is 3. The molecule has 0 radical (unpaired) electrons. The highest BCUT2D eigenvalue weighted by atomic mass is 35.5. The van der Waals surface area contributed by atoms with E-state index in [4.69, 9.17) is 34.8 Å². The first-order chi connectivity index (χ1) is 16.0. The Labute approximate surface area is 204 Å². The van der Waals surface area contributed by atoms with Crippen molar-refractivity contribution in [2.75, 3.05) is 5.32 Å². The number of hydrogen-bond acceptors (Lipinski definition) is 3. The molecule has 0 aliphatic carbocycles. The highest BCUT2D eigenvalue weighted by Gasteiger charge is 2.20. The molecule has 162 valence electrons. The second-order valence-corrected chi connectivity index (χ2v) is 8.51. The summed E-state index contributed by atoms with van der Waals surface area (Å²) in [4.78, 5) is 17.7. The van der Waals surface area contributed by atoms with Gasteiger partial charge in [0.15, 0.2) is 5.82 Å². The fourth-order valence-corrected chi connectivity index (χ4v) is 3.92. The number of hydrogen-bond donors (Lipinski definition) is 1. The van der Waals surface area contributed by atoms with Gasteiger partial charge in [0.25, 0.3) is 5.91 Å². The number of fused-ring (bicyclic) bond motifs is 1. The maximum Gasteiger partial charge on any atom is 0.295 e. The molecule has 5 nitrogen and oxygen atoms in total. The minimum Gasteiger partial charge on any atom is -0.319 e. The van der Waals surface area contributed by atoms with Crippen LogP contribution in [0.5, 0.6) is 0 Å². The van der Waals surface area contributed by atoms with E-state index in [9.17, 15) is 4.79 Å². The van der Waals surface area contributed by atoms with Crippen molar-refractivity contribution in [3.05, 3.63) is 106 Å². The van der Waals surface area contributed by atoms with E-state index in [1.54, 1.807) is 35.0 Å². The Morgan fingerprint density at radius 1 is 0.818 bits per heavy atom. The first-order valence-electron chi connectivity index (χ1n) is 9.97. The van der Waals surface area contributed by atoms with E-state index in [2.05, 4.69) is 15.4 Å². The van der Waals surface area contributed by atoms with Crippen molar-refractivity contribution >= 4 is 57.2 Å². The Bertz CT molecular complexity index is 1490. The predicted octanol–water partition coefficient (Wildman–Crippen LogP) is 7.30. The number of amides is 1. The zero-order chi connectivity index (χ0) is 22.9. The molecule has 0 aliphatic heterocycles. The van der Waals surface area contributed by atoms with Gasteiger partial charge in [0, 0.05) is 21.7 Å². The van der Waals surface area contributed by atoms with Crippen molar-refractivity contribution < 1.29 is 4.79 Å². The summed E-state index contributed by atoms with van der Waals surface area (Å²) in [5, 5.41) is 10.7. The molecule has 0 fully saturated rings. The topological polar surface area (TPSA) is 59.8 Å². The largest absolute Gasteiger partial charge is 0.319 e. The zero-order valence-corrected chi connectivity index (χ0v) is 19.2. The summed E-state index contributed by atoms with van der Waals surface area (Å²) in [6, 6.07) is 25.8. The molecule has 8 heteroatoms. The molecule has 0 atom stereocenters. The smallest absolute Gasteiger partial charge is 0.295 e. The Balaban J connectivity index is 1.58. The van der Waals surface area contributed by atoms with Gasteiger partial charge in [-0.15, -0.1) is 5.10 Å². The average Bonchev–Trinajstić information content (AvgIpc) is 3.27. The molecule has 1 aromatic heterocycles. The fraction of sp³-hybridized carbons (Fsp3) is 0. The second-order valence-electron chi connectivity index (χ2n) is 7.26. The molecule has 0 spiro atoms. The minimum absolute atomic E-state index is 0.0129. The van der Waals surface area contributed by atoms with Crippen LogP contribution in [0.15, 0.2) is 84.9 Å². The summed E-state index contributed by atoms with van der Waals surface area (Å²) in [6.45, 7) is 0. The van der Waals surface area contributed by atoms with Crippen LogP contribution in [0.3, 0.4) is 0 Å². The number of nitrogens with one attached hydrogen (secondary N) is 1. The second kappa shape index (κ2) is 8.87. The first kappa shape index (κ1) is 21.5. The van der Waals surface area contributed by atoms with Gasteiger partial charge in [-0.1, -0.05) is 71.2 Å². The van der Waals surface area contributed by atoms with Crippen LogP contribution in [-0.2, 0) is 0 Å². The zero-order valence-electron chi connectivity index (χ0n) is 17.0. The Morgan fingerprint density at radius 3 is 2.36 bits per heavy atom. The van der Waals surface area contributed by atoms with Gasteiger partial charge in [0.05, 0.1) is 15.7 Å². The quantitative estimate of drug-likeness (QED) is 0.286. The van der Waals surface area contributed by atoms with Crippen molar-refractivity contribution in [1.82, 2.24) is 14.8 Å². The summed E-state index contributed by atoms with van der Waals surface area (Å²) in [5.41, 5.74) is 2.03. The molecule has 0 bridgehead atoms. The van der Waals surface area contributed by atoms with Crippen molar-refractivity contribution in [1.29, 1.82) is 0 Å². The number of nitrogens with zero attached hydrogens (tertiary/aromatic N) is 3. The lowest BCUT2D eigenvalue weighted by molar-refractivity contribution is 0.101. The van der Waals surface area contributed by atoms with Gasteiger partial charge in [0.2, 0.25) is 5.82 Å². The molecular weight excluding hydrogens is 479 g/mol. The Kier molecular flexibility index (Phi) is 5.77. The first-order valence-corrected chi connectivity index (χ1v) is 11.1. The van der Waals surface area contributed by atoms with Crippen molar-refractivity contribution in [3.8, 4) is 17.1 Å². The molecule has 0 aliphatic rings. The molecule has 33 heavy (non-hydrogen) atoms. The third-order valence-corrected chi connectivity index (χ3v) is 6.09. The summed E-state index contributed by atoms with van der Waals surface area (Å²) in [7, 11) is 0. The van der Waals surface area contributed by atoms with Gasteiger partial charge in [-0.2, -0.15) is 0 Å². The van der Waals surface area contributed by atoms with Crippen LogP contribution in [-0.4, -0.2) is 20.7 Å². The fourth-order valence-electron chi connectivity index (χ4n) is 3.50. The number of carbonyl (C=O) groups is 1. The molecule has 4 aromatic carbocycles. The van der Waals surface area contributed by atoms with Gasteiger partial charge < -0.3 is 5.32 Å². The molecule has 0 saturated carbocycles. The van der Waals surface area contributed by atoms with E-state index in [0.717, 1.165) is 16.3 Å². The third kappa shape index (κ3) is 4.31. The molecule has 1 N–H and O–H groups in total. The van der Waals surface area contributed by atoms with Crippen LogP contribution < -0.4 is 5.32 Å². The van der Waals surface area contributed by atoms with Gasteiger partial charge in [0.1, 0.15) is 0 Å². The summed E-state index contributed by atoms with van der Waals surface area (Å²) >= 11 is 18.4. The SMILES string of the molecule is O=C(Nc1cccc2ccccc12)c1nc(-c2ccc(Cl)cc2)n(-c2ccc(Cl)c(Cl)c2)n1. The number of rotatable bonds is 4. The van der Waals surface area contributed by atoms with Gasteiger partial charge in [-0.3, -0.25) is 4.79 Å². The summed E-state index contributed by atoms with van der Waals surface area (Å²) < 4.78 is 1.56. The molecule has 1 heterocycles. The van der Waals surface area contributed by atoms with Gasteiger partial charge in [-0.25, -0.2) is 9.67 Å². The maximum atomic E-state index is 13.1. The number of benzene rings is 4. The third-order valence-electron chi connectivity index (χ3n) is 5.10. The van der Waals surface area contributed by atoms with E-state index in [0.29, 0.717) is 32.3 Å². The number of halogens is 3. The highest BCUT2D eigenvalue weighted by molar-refractivity contribution is 6.42. The van der Waals surface area contributed by atoms with Gasteiger partial charge >= 0.3 is 0 Å². The highest BCUT2D eigenvalue weighted by Crippen LogP contribution is 2.28. The van der Waals surface area contributed by atoms with Gasteiger partial charge in [-0.05, 0) is 53.9 Å². The maximum absolute atomic E-state index is 13.1. The van der Waals surface area contributed by atoms with Crippen LogP contribution in [0.4, 0.5) is 5.69 Å². The van der Waals surface area contributed by atoms with Crippen LogP contribution in [0.25, 0.3) is 27.8 Å². The van der Waals surface area contributed by atoms with Crippen molar-refractivity contribution in [3.63, 3.8) is 0 Å². The molecule has 5 aromatic rings. The Hall–Kier alpha value is -3.38. The minimum atomic E-state index is -0.430. The molecule has 0 unspecified atom stereocenters. The van der Waals surface area contributed by atoms with Crippen LogP contribution in [0, 0.1) is 0 Å². The normalized spacial score (nSPS) is 11.0. The predicted molar refractivity (Wildman–Crippen MR) is 134 cm³/mol. The lowest BCUT2D eigenvalue weighted by atomic mass is 10.1. The van der Waals surface area contributed by atoms with Crippen LogP contribution >= 0.6 is 34.8 Å². The van der Waals surface area contributed by atoms with Crippen molar-refractivity contribution in [2.45, 2.75) is 0 Å². The number of anilines is 1. The lowest BCUT2D eigenvalue weighted by Gasteiger charge is -2.07. The molecule has 0 saturated heterocycles. The van der Waals surface area contributed by atoms with Crippen LogP contribution in [0.1, 0.15) is 10.6 Å². The average molecular weight is 494 g/mol. The van der Waals surface area contributed by atoms with E-state index in [1.165, 1.54) is 0 Å². The standard InChI is InChI=1S/C25H15Cl3N4O/c26-17-10-8-16(9-11-17)24-30-23(31-32(24)18-12-13-20(27)21(28)14-18)25(33)29-22-7-3-5-15-4-1-2-6-19(15)22/h1-14H,(H,29,33).